The van der Waals surface area contributed by atoms with Crippen molar-refractivity contribution < 1.29 is 0 Å². The minimum atomic E-state index is 0.790. The Bertz CT molecular complexity index is 280. The van der Waals surface area contributed by atoms with Gasteiger partial charge in [0, 0.05) is 30.7 Å². The molecule has 19 heavy (non-hydrogen) atoms. The standard InChI is InChI=1S/C16H31N3/c1-3-17-13-10-14-6-4-7-15(11-13)19(14)12-16-8-5-9-18(16)2/h13-17H,3-12H2,1-2H3. The molecule has 110 valence electrons. The summed E-state index contributed by atoms with van der Waals surface area (Å²) in [5.41, 5.74) is 0. The van der Waals surface area contributed by atoms with Gasteiger partial charge in [0.2, 0.25) is 0 Å². The fraction of sp³-hybridized carbons (Fsp3) is 1.00. The van der Waals surface area contributed by atoms with Crippen LogP contribution in [0.15, 0.2) is 0 Å². The van der Waals surface area contributed by atoms with Gasteiger partial charge < -0.3 is 10.2 Å². The van der Waals surface area contributed by atoms with Gasteiger partial charge in [-0.1, -0.05) is 13.3 Å². The third kappa shape index (κ3) is 2.98. The van der Waals surface area contributed by atoms with Crippen molar-refractivity contribution in [3.8, 4) is 0 Å². The lowest BCUT2D eigenvalue weighted by molar-refractivity contribution is 0.00955. The Hall–Kier alpha value is -0.120. The van der Waals surface area contributed by atoms with Crippen LogP contribution < -0.4 is 5.32 Å². The van der Waals surface area contributed by atoms with E-state index in [1.807, 2.05) is 0 Å². The van der Waals surface area contributed by atoms with Crippen LogP contribution in [0, 0.1) is 0 Å². The maximum Gasteiger partial charge on any atom is 0.0220 e. The molecule has 1 N–H and O–H groups in total. The molecule has 3 nitrogen and oxygen atoms in total. The minimum absolute atomic E-state index is 0.790. The van der Waals surface area contributed by atoms with Crippen molar-refractivity contribution in [3.63, 3.8) is 0 Å². The maximum atomic E-state index is 3.70. The van der Waals surface area contributed by atoms with Gasteiger partial charge >= 0.3 is 0 Å². The summed E-state index contributed by atoms with van der Waals surface area (Å²) in [7, 11) is 2.32. The lowest BCUT2D eigenvalue weighted by Gasteiger charge is -2.50. The van der Waals surface area contributed by atoms with E-state index in [4.69, 9.17) is 0 Å². The number of rotatable bonds is 4. The van der Waals surface area contributed by atoms with Crippen molar-refractivity contribution in [2.45, 2.75) is 76.0 Å². The molecule has 3 unspecified atom stereocenters. The van der Waals surface area contributed by atoms with Crippen LogP contribution in [0.2, 0.25) is 0 Å². The molecule has 2 bridgehead atoms. The first-order chi connectivity index (χ1) is 9.28. The minimum Gasteiger partial charge on any atom is -0.314 e. The molecule has 3 heteroatoms. The summed E-state index contributed by atoms with van der Waals surface area (Å²) in [6.07, 6.45) is 9.95. The summed E-state index contributed by atoms with van der Waals surface area (Å²) in [4.78, 5) is 5.48. The highest BCUT2D eigenvalue weighted by Crippen LogP contribution is 2.35. The molecule has 3 fully saturated rings. The predicted octanol–water partition coefficient (Wildman–Crippen LogP) is 2.08. The van der Waals surface area contributed by atoms with Crippen LogP contribution in [0.1, 0.15) is 51.9 Å². The number of hydrogen-bond donors (Lipinski definition) is 1. The fourth-order valence-corrected chi connectivity index (χ4v) is 4.69. The number of piperidine rings is 2. The largest absolute Gasteiger partial charge is 0.314 e. The van der Waals surface area contributed by atoms with Crippen molar-refractivity contribution in [2.24, 2.45) is 0 Å². The number of nitrogens with zero attached hydrogens (tertiary/aromatic N) is 2. The fourth-order valence-electron chi connectivity index (χ4n) is 4.69. The van der Waals surface area contributed by atoms with E-state index >= 15 is 0 Å². The Labute approximate surface area is 118 Å². The first-order valence-electron chi connectivity index (χ1n) is 8.47. The lowest BCUT2D eigenvalue weighted by Crippen LogP contribution is -2.58. The normalized spacial score (nSPS) is 40.7. The van der Waals surface area contributed by atoms with E-state index in [1.165, 1.54) is 58.0 Å². The van der Waals surface area contributed by atoms with Crippen LogP contribution in [0.3, 0.4) is 0 Å². The third-order valence-corrected chi connectivity index (χ3v) is 5.71. The average molecular weight is 265 g/mol. The van der Waals surface area contributed by atoms with E-state index in [0.717, 1.165) is 30.7 Å². The van der Waals surface area contributed by atoms with Gasteiger partial charge in [-0.2, -0.15) is 0 Å². The van der Waals surface area contributed by atoms with Crippen molar-refractivity contribution >= 4 is 0 Å². The van der Waals surface area contributed by atoms with E-state index in [0.29, 0.717) is 0 Å². The van der Waals surface area contributed by atoms with Gasteiger partial charge in [-0.15, -0.1) is 0 Å². The molecule has 3 aliphatic rings. The third-order valence-electron chi connectivity index (χ3n) is 5.71. The summed E-state index contributed by atoms with van der Waals surface area (Å²) in [5, 5.41) is 3.70. The van der Waals surface area contributed by atoms with Crippen LogP contribution in [-0.4, -0.2) is 60.6 Å². The summed E-state index contributed by atoms with van der Waals surface area (Å²) < 4.78 is 0. The highest BCUT2D eigenvalue weighted by atomic mass is 15.3. The first-order valence-corrected chi connectivity index (χ1v) is 8.47. The molecule has 0 saturated carbocycles. The Morgan fingerprint density at radius 3 is 2.37 bits per heavy atom. The van der Waals surface area contributed by atoms with Crippen molar-refractivity contribution in [1.29, 1.82) is 0 Å². The SMILES string of the molecule is CCNC1CC2CCCC(C1)N2CC1CCCN1C. The number of nitrogens with one attached hydrogen (secondary N) is 1. The zero-order chi connectivity index (χ0) is 13.2. The molecule has 0 spiro atoms. The molecule has 0 aromatic heterocycles. The summed E-state index contributed by atoms with van der Waals surface area (Å²) in [6, 6.07) is 3.35. The molecular formula is C16H31N3. The van der Waals surface area contributed by atoms with Gasteiger partial charge in [0.1, 0.15) is 0 Å². The molecule has 3 rings (SSSR count). The number of hydrogen-bond acceptors (Lipinski definition) is 3. The average Bonchev–Trinajstić information content (AvgIpc) is 2.76. The predicted molar refractivity (Wildman–Crippen MR) is 80.5 cm³/mol. The van der Waals surface area contributed by atoms with Gasteiger partial charge in [-0.05, 0) is 58.7 Å². The molecule has 3 atom stereocenters. The summed E-state index contributed by atoms with van der Waals surface area (Å²) in [6.45, 7) is 6.03. The second-order valence-corrected chi connectivity index (χ2v) is 6.94. The second kappa shape index (κ2) is 6.11. The van der Waals surface area contributed by atoms with E-state index < -0.39 is 0 Å². The van der Waals surface area contributed by atoms with Gasteiger partial charge in [-0.25, -0.2) is 0 Å². The maximum absolute atomic E-state index is 3.70. The molecule has 0 aliphatic carbocycles. The summed E-state index contributed by atoms with van der Waals surface area (Å²) >= 11 is 0. The van der Waals surface area contributed by atoms with E-state index in [1.54, 1.807) is 0 Å². The molecule has 0 aromatic carbocycles. The molecule has 3 aliphatic heterocycles. The highest BCUT2D eigenvalue weighted by molar-refractivity contribution is 4.96. The van der Waals surface area contributed by atoms with Crippen molar-refractivity contribution in [3.05, 3.63) is 0 Å². The van der Waals surface area contributed by atoms with Crippen LogP contribution in [-0.2, 0) is 0 Å². The van der Waals surface area contributed by atoms with E-state index in [-0.39, 0.29) is 0 Å². The van der Waals surface area contributed by atoms with Gasteiger partial charge in [0.15, 0.2) is 0 Å². The monoisotopic (exact) mass is 265 g/mol. The molecule has 0 aromatic rings. The lowest BCUT2D eigenvalue weighted by atomic mass is 9.81. The van der Waals surface area contributed by atoms with Gasteiger partial charge in [0.05, 0.1) is 0 Å². The van der Waals surface area contributed by atoms with Crippen LogP contribution in [0.5, 0.6) is 0 Å². The van der Waals surface area contributed by atoms with Crippen molar-refractivity contribution in [2.75, 3.05) is 26.7 Å². The second-order valence-electron chi connectivity index (χ2n) is 6.94. The Morgan fingerprint density at radius 1 is 1.05 bits per heavy atom. The van der Waals surface area contributed by atoms with Crippen LogP contribution in [0.25, 0.3) is 0 Å². The summed E-state index contributed by atoms with van der Waals surface area (Å²) in [5.74, 6) is 0. The van der Waals surface area contributed by atoms with Gasteiger partial charge in [-0.3, -0.25) is 4.90 Å². The molecule has 0 radical (unpaired) electrons. The smallest absolute Gasteiger partial charge is 0.0220 e. The number of likely N-dealkylation sites (tertiary alicyclic amines) is 1. The topological polar surface area (TPSA) is 18.5 Å². The Morgan fingerprint density at radius 2 is 1.79 bits per heavy atom. The molecule has 3 saturated heterocycles. The van der Waals surface area contributed by atoms with Crippen molar-refractivity contribution in [1.82, 2.24) is 15.1 Å². The molecule has 0 amide bonds. The Kier molecular flexibility index (Phi) is 4.45. The quantitative estimate of drug-likeness (QED) is 0.839. The zero-order valence-electron chi connectivity index (χ0n) is 12.8. The van der Waals surface area contributed by atoms with E-state index in [9.17, 15) is 0 Å². The first kappa shape index (κ1) is 13.8. The highest BCUT2D eigenvalue weighted by Gasteiger charge is 2.39. The molecular weight excluding hydrogens is 234 g/mol. The number of likely N-dealkylation sites (N-methyl/N-ethyl adjacent to an activating group) is 1. The number of fused-ring (bicyclic) bond motifs is 2. The zero-order valence-corrected chi connectivity index (χ0v) is 12.8. The van der Waals surface area contributed by atoms with Gasteiger partial charge in [0.25, 0.3) is 0 Å². The van der Waals surface area contributed by atoms with E-state index in [2.05, 4.69) is 29.1 Å². The van der Waals surface area contributed by atoms with Crippen LogP contribution in [0.4, 0.5) is 0 Å². The van der Waals surface area contributed by atoms with Crippen LogP contribution >= 0.6 is 0 Å². The molecule has 3 heterocycles. The Balaban J connectivity index is 1.62.